The highest BCUT2D eigenvalue weighted by Crippen LogP contribution is 2.29. The van der Waals surface area contributed by atoms with Crippen molar-refractivity contribution in [1.29, 1.82) is 0 Å². The third kappa shape index (κ3) is 4.52. The molecule has 1 heterocycles. The Balaban J connectivity index is 2.02. The van der Waals surface area contributed by atoms with E-state index < -0.39 is 24.8 Å². The molecule has 0 saturated carbocycles. The van der Waals surface area contributed by atoms with Gasteiger partial charge in [-0.15, -0.1) is 0 Å². The number of aliphatic carboxylic acids is 1. The van der Waals surface area contributed by atoms with E-state index in [1.807, 2.05) is 0 Å². The van der Waals surface area contributed by atoms with Gasteiger partial charge in [-0.2, -0.15) is 0 Å². The van der Waals surface area contributed by atoms with Gasteiger partial charge >= 0.3 is 13.1 Å². The first-order chi connectivity index (χ1) is 10.9. The number of rotatable bonds is 6. The minimum absolute atomic E-state index is 0.109. The molecule has 6 nitrogen and oxygen atoms in total. The number of carbonyl (C=O) groups is 2. The molecule has 1 fully saturated rings. The lowest BCUT2D eigenvalue weighted by Crippen LogP contribution is -2.29. The Kier molecular flexibility index (Phi) is 5.73. The highest BCUT2D eigenvalue weighted by molar-refractivity contribution is 6.40. The minimum atomic E-state index is -1.41. The summed E-state index contributed by atoms with van der Waals surface area (Å²) in [4.78, 5) is 25.2. The number of carbonyl (C=O) groups excluding carboxylic acids is 1. The van der Waals surface area contributed by atoms with Gasteiger partial charge in [0.15, 0.2) is 0 Å². The number of likely N-dealkylation sites (tertiary alicyclic amines) is 1. The summed E-state index contributed by atoms with van der Waals surface area (Å²) in [6.45, 7) is 0.409. The summed E-state index contributed by atoms with van der Waals surface area (Å²) in [6.07, 6.45) is 1.15. The molecule has 124 valence electrons. The molecule has 0 spiro atoms. The molecule has 0 aliphatic carbocycles. The standard InChI is InChI=1S/C15H19BFNO5/c17-12-5-3-10(4-6-12)14(19)18-8-11(2-1-7-16(22)23)13(9-18)15(20)21/h3-6,11,13,22-23H,1-2,7-9H2,(H,20,21)/t11?,13-/m1/s1. The van der Waals surface area contributed by atoms with Crippen LogP contribution in [0.15, 0.2) is 24.3 Å². The average molecular weight is 323 g/mol. The molecule has 1 aliphatic rings. The van der Waals surface area contributed by atoms with Gasteiger partial charge in [0.25, 0.3) is 5.91 Å². The molecule has 1 saturated heterocycles. The molecular weight excluding hydrogens is 304 g/mol. The van der Waals surface area contributed by atoms with Crippen LogP contribution >= 0.6 is 0 Å². The second-order valence-electron chi connectivity index (χ2n) is 5.83. The molecule has 8 heteroatoms. The van der Waals surface area contributed by atoms with Crippen molar-refractivity contribution in [3.05, 3.63) is 35.6 Å². The SMILES string of the molecule is O=C(O)[C@@H]1CN(C(=O)c2ccc(F)cc2)CC1CCCB(O)O. The summed E-state index contributed by atoms with van der Waals surface area (Å²) < 4.78 is 12.9. The zero-order chi connectivity index (χ0) is 17.0. The Bertz CT molecular complexity index is 565. The van der Waals surface area contributed by atoms with Gasteiger partial charge in [0.2, 0.25) is 0 Å². The number of benzene rings is 1. The van der Waals surface area contributed by atoms with Crippen LogP contribution < -0.4 is 0 Å². The van der Waals surface area contributed by atoms with Crippen molar-refractivity contribution in [1.82, 2.24) is 4.90 Å². The summed E-state index contributed by atoms with van der Waals surface area (Å²) in [7, 11) is -1.41. The van der Waals surface area contributed by atoms with E-state index in [1.165, 1.54) is 29.2 Å². The normalized spacial score (nSPS) is 20.6. The third-order valence-electron chi connectivity index (χ3n) is 4.17. The average Bonchev–Trinajstić information content (AvgIpc) is 2.91. The van der Waals surface area contributed by atoms with E-state index in [-0.39, 0.29) is 24.7 Å². The van der Waals surface area contributed by atoms with Crippen LogP contribution in [0.4, 0.5) is 4.39 Å². The monoisotopic (exact) mass is 323 g/mol. The Morgan fingerprint density at radius 1 is 1.22 bits per heavy atom. The Morgan fingerprint density at radius 3 is 2.43 bits per heavy atom. The van der Waals surface area contributed by atoms with Crippen LogP contribution in [0.5, 0.6) is 0 Å². The summed E-state index contributed by atoms with van der Waals surface area (Å²) in [6, 6.07) is 5.14. The maximum absolute atomic E-state index is 12.9. The first-order valence-electron chi connectivity index (χ1n) is 7.52. The van der Waals surface area contributed by atoms with E-state index in [2.05, 4.69) is 0 Å². The summed E-state index contributed by atoms with van der Waals surface area (Å²) >= 11 is 0. The van der Waals surface area contributed by atoms with E-state index in [4.69, 9.17) is 10.0 Å². The van der Waals surface area contributed by atoms with Gasteiger partial charge < -0.3 is 20.1 Å². The summed E-state index contributed by atoms with van der Waals surface area (Å²) in [5.74, 6) is -2.62. The van der Waals surface area contributed by atoms with E-state index in [9.17, 15) is 19.1 Å². The largest absolute Gasteiger partial charge is 0.481 e. The number of nitrogens with zero attached hydrogens (tertiary/aromatic N) is 1. The summed E-state index contributed by atoms with van der Waals surface area (Å²) in [5.41, 5.74) is 0.321. The molecule has 2 rings (SSSR count). The Morgan fingerprint density at radius 2 is 1.87 bits per heavy atom. The van der Waals surface area contributed by atoms with Crippen LogP contribution in [-0.4, -0.2) is 52.1 Å². The van der Waals surface area contributed by atoms with Gasteiger partial charge in [-0.3, -0.25) is 9.59 Å². The lowest BCUT2D eigenvalue weighted by molar-refractivity contribution is -0.142. The Labute approximate surface area is 133 Å². The molecule has 23 heavy (non-hydrogen) atoms. The molecule has 1 aliphatic heterocycles. The molecule has 1 aromatic rings. The minimum Gasteiger partial charge on any atom is -0.481 e. The molecule has 1 amide bonds. The van der Waals surface area contributed by atoms with Gasteiger partial charge in [-0.1, -0.05) is 6.42 Å². The van der Waals surface area contributed by atoms with Crippen molar-refractivity contribution in [3.63, 3.8) is 0 Å². The zero-order valence-corrected chi connectivity index (χ0v) is 12.6. The maximum Gasteiger partial charge on any atom is 0.451 e. The molecule has 3 N–H and O–H groups in total. The number of amides is 1. The first-order valence-corrected chi connectivity index (χ1v) is 7.52. The predicted molar refractivity (Wildman–Crippen MR) is 81.2 cm³/mol. The van der Waals surface area contributed by atoms with Crippen molar-refractivity contribution in [2.45, 2.75) is 19.2 Å². The van der Waals surface area contributed by atoms with Gasteiger partial charge in [0, 0.05) is 18.7 Å². The first kappa shape index (κ1) is 17.4. The van der Waals surface area contributed by atoms with Gasteiger partial charge in [0.1, 0.15) is 5.82 Å². The molecule has 0 aromatic heterocycles. The number of carboxylic acid groups (broad SMARTS) is 1. The van der Waals surface area contributed by atoms with Crippen LogP contribution in [0.3, 0.4) is 0 Å². The lowest BCUT2D eigenvalue weighted by atomic mass is 9.80. The molecule has 1 aromatic carbocycles. The smallest absolute Gasteiger partial charge is 0.451 e. The van der Waals surface area contributed by atoms with Crippen molar-refractivity contribution in [2.24, 2.45) is 11.8 Å². The van der Waals surface area contributed by atoms with Crippen LogP contribution in [0.1, 0.15) is 23.2 Å². The van der Waals surface area contributed by atoms with E-state index >= 15 is 0 Å². The van der Waals surface area contributed by atoms with Crippen LogP contribution in [0.2, 0.25) is 6.32 Å². The lowest BCUT2D eigenvalue weighted by Gasteiger charge is -2.16. The van der Waals surface area contributed by atoms with Crippen molar-refractivity contribution in [2.75, 3.05) is 13.1 Å². The van der Waals surface area contributed by atoms with E-state index in [1.54, 1.807) is 0 Å². The summed E-state index contributed by atoms with van der Waals surface area (Å²) in [5, 5.41) is 27.0. The quantitative estimate of drug-likeness (QED) is 0.674. The van der Waals surface area contributed by atoms with Crippen molar-refractivity contribution in [3.8, 4) is 0 Å². The van der Waals surface area contributed by atoms with Gasteiger partial charge in [-0.25, -0.2) is 4.39 Å². The molecular formula is C15H19BFNO5. The van der Waals surface area contributed by atoms with E-state index in [0.717, 1.165) is 0 Å². The fraction of sp³-hybridized carbons (Fsp3) is 0.467. The van der Waals surface area contributed by atoms with Gasteiger partial charge in [-0.05, 0) is 42.9 Å². The molecule has 1 unspecified atom stereocenters. The van der Waals surface area contributed by atoms with Crippen molar-refractivity contribution < 1.29 is 29.1 Å². The fourth-order valence-electron chi connectivity index (χ4n) is 2.95. The number of hydrogen-bond acceptors (Lipinski definition) is 4. The second-order valence-corrected chi connectivity index (χ2v) is 5.83. The van der Waals surface area contributed by atoms with E-state index in [0.29, 0.717) is 24.9 Å². The molecule has 0 bridgehead atoms. The number of carboxylic acids is 1. The fourth-order valence-corrected chi connectivity index (χ4v) is 2.95. The third-order valence-corrected chi connectivity index (χ3v) is 4.17. The van der Waals surface area contributed by atoms with Crippen LogP contribution in [-0.2, 0) is 4.79 Å². The zero-order valence-electron chi connectivity index (χ0n) is 12.6. The maximum atomic E-state index is 12.9. The van der Waals surface area contributed by atoms with Crippen LogP contribution in [0, 0.1) is 17.7 Å². The highest BCUT2D eigenvalue weighted by Gasteiger charge is 2.39. The Hall–Kier alpha value is -1.93. The molecule has 2 atom stereocenters. The topological polar surface area (TPSA) is 98.1 Å². The highest BCUT2D eigenvalue weighted by atomic mass is 19.1. The number of halogens is 1. The van der Waals surface area contributed by atoms with Crippen LogP contribution in [0.25, 0.3) is 0 Å². The van der Waals surface area contributed by atoms with Gasteiger partial charge in [0.05, 0.1) is 5.92 Å². The molecule has 0 radical (unpaired) electrons. The predicted octanol–water partition coefficient (Wildman–Crippen LogP) is 0.851. The van der Waals surface area contributed by atoms with Crippen molar-refractivity contribution >= 4 is 19.0 Å². The second kappa shape index (κ2) is 7.56. The number of hydrogen-bond donors (Lipinski definition) is 3.